The zero-order valence-electron chi connectivity index (χ0n) is 15.2. The van der Waals surface area contributed by atoms with Crippen molar-refractivity contribution in [1.29, 1.82) is 0 Å². The van der Waals surface area contributed by atoms with E-state index in [1.165, 1.54) is 4.90 Å². The van der Waals surface area contributed by atoms with E-state index >= 15 is 0 Å². The van der Waals surface area contributed by atoms with Crippen LogP contribution in [0.4, 0.5) is 11.4 Å². The fourth-order valence-corrected chi connectivity index (χ4v) is 3.77. The maximum Gasteiger partial charge on any atom is 0.243 e. The molecule has 2 N–H and O–H groups in total. The zero-order chi connectivity index (χ0) is 20.3. The quantitative estimate of drug-likeness (QED) is 0.711. The van der Waals surface area contributed by atoms with Gasteiger partial charge in [0.25, 0.3) is 0 Å². The van der Waals surface area contributed by atoms with E-state index in [0.29, 0.717) is 16.4 Å². The Hall–Kier alpha value is -2.38. The number of hydrogen-bond acceptors (Lipinski definition) is 3. The fraction of sp³-hybridized carbons (Fsp3) is 0.250. The maximum absolute atomic E-state index is 12.4. The molecule has 0 unspecified atom stereocenters. The largest absolute Gasteiger partial charge is 0.347 e. The molecule has 2 aromatic carbocycles. The van der Waals surface area contributed by atoms with E-state index in [2.05, 4.69) is 26.6 Å². The minimum atomic E-state index is -0.522. The molecule has 8 heteroatoms. The maximum atomic E-state index is 12.4. The van der Waals surface area contributed by atoms with Crippen LogP contribution in [0.3, 0.4) is 0 Å². The number of hydrogen-bond donors (Lipinski definition) is 2. The molecule has 0 radical (unpaired) electrons. The smallest absolute Gasteiger partial charge is 0.243 e. The van der Waals surface area contributed by atoms with Gasteiger partial charge >= 0.3 is 0 Å². The normalized spacial score (nSPS) is 16.2. The molecule has 0 bridgehead atoms. The first-order valence-corrected chi connectivity index (χ1v) is 9.91. The average molecular weight is 465 g/mol. The molecule has 0 saturated carbocycles. The summed E-state index contributed by atoms with van der Waals surface area (Å²) in [5.41, 5.74) is 2.18. The van der Waals surface area contributed by atoms with E-state index in [1.807, 2.05) is 19.1 Å². The number of rotatable bonds is 5. The van der Waals surface area contributed by atoms with Crippen molar-refractivity contribution in [3.05, 3.63) is 57.5 Å². The van der Waals surface area contributed by atoms with Crippen molar-refractivity contribution in [2.45, 2.75) is 13.3 Å². The van der Waals surface area contributed by atoms with Gasteiger partial charge in [-0.2, -0.15) is 0 Å². The predicted molar refractivity (Wildman–Crippen MR) is 112 cm³/mol. The topological polar surface area (TPSA) is 78.5 Å². The van der Waals surface area contributed by atoms with E-state index in [1.54, 1.807) is 30.3 Å². The summed E-state index contributed by atoms with van der Waals surface area (Å²) in [5.74, 6) is -1.34. The van der Waals surface area contributed by atoms with Crippen LogP contribution in [0.1, 0.15) is 12.0 Å². The number of carbonyl (C=O) groups excluding carboxylic acids is 3. The molecule has 1 saturated heterocycles. The number of halogens is 2. The van der Waals surface area contributed by atoms with Gasteiger partial charge in [0.1, 0.15) is 0 Å². The molecule has 1 aliphatic rings. The molecule has 0 aliphatic carbocycles. The first kappa shape index (κ1) is 20.4. The van der Waals surface area contributed by atoms with E-state index in [4.69, 9.17) is 11.6 Å². The average Bonchev–Trinajstić information content (AvgIpc) is 3.04. The third-order valence-electron chi connectivity index (χ3n) is 4.52. The van der Waals surface area contributed by atoms with Gasteiger partial charge in [-0.3, -0.25) is 14.4 Å². The Morgan fingerprint density at radius 2 is 2.00 bits per heavy atom. The molecule has 3 amide bonds. The molecule has 1 aliphatic heterocycles. The highest BCUT2D eigenvalue weighted by atomic mass is 79.9. The molecule has 0 spiro atoms. The van der Waals surface area contributed by atoms with Gasteiger partial charge in [-0.25, -0.2) is 0 Å². The minimum Gasteiger partial charge on any atom is -0.347 e. The summed E-state index contributed by atoms with van der Waals surface area (Å²) in [6, 6.07) is 12.5. The molecule has 2 aromatic rings. The Kier molecular flexibility index (Phi) is 6.36. The number of aryl methyl sites for hydroxylation is 1. The second-order valence-electron chi connectivity index (χ2n) is 6.58. The zero-order valence-corrected chi connectivity index (χ0v) is 17.5. The number of nitrogens with one attached hydrogen (secondary N) is 2. The van der Waals surface area contributed by atoms with Crippen molar-refractivity contribution in [3.8, 4) is 0 Å². The summed E-state index contributed by atoms with van der Waals surface area (Å²) >= 11 is 9.52. The lowest BCUT2D eigenvalue weighted by Crippen LogP contribution is -2.38. The van der Waals surface area contributed by atoms with Crippen LogP contribution in [0.2, 0.25) is 5.02 Å². The van der Waals surface area contributed by atoms with Crippen molar-refractivity contribution in [1.82, 2.24) is 5.32 Å². The Bertz CT molecular complexity index is 935. The molecule has 1 heterocycles. The molecule has 146 valence electrons. The van der Waals surface area contributed by atoms with Crippen molar-refractivity contribution in [2.75, 3.05) is 23.3 Å². The lowest BCUT2D eigenvalue weighted by Gasteiger charge is -2.18. The highest BCUT2D eigenvalue weighted by molar-refractivity contribution is 9.10. The van der Waals surface area contributed by atoms with E-state index in [0.717, 1.165) is 10.0 Å². The van der Waals surface area contributed by atoms with Gasteiger partial charge in [-0.05, 0) is 42.8 Å². The number of nitrogens with zero attached hydrogens (tertiary/aromatic N) is 1. The van der Waals surface area contributed by atoms with Crippen LogP contribution < -0.4 is 15.5 Å². The Labute approximate surface area is 176 Å². The molecule has 1 fully saturated rings. The van der Waals surface area contributed by atoms with Crippen LogP contribution in [0, 0.1) is 12.8 Å². The van der Waals surface area contributed by atoms with Gasteiger partial charge in [0.15, 0.2) is 0 Å². The monoisotopic (exact) mass is 463 g/mol. The van der Waals surface area contributed by atoms with Gasteiger partial charge < -0.3 is 15.5 Å². The third kappa shape index (κ3) is 4.72. The molecule has 28 heavy (non-hydrogen) atoms. The van der Waals surface area contributed by atoms with E-state index < -0.39 is 5.92 Å². The Morgan fingerprint density at radius 3 is 2.71 bits per heavy atom. The molecule has 6 nitrogen and oxygen atoms in total. The fourth-order valence-electron chi connectivity index (χ4n) is 3.06. The highest BCUT2D eigenvalue weighted by Crippen LogP contribution is 2.31. The number of para-hydroxylation sites is 1. The lowest BCUT2D eigenvalue weighted by molar-refractivity contribution is -0.127. The number of benzene rings is 2. The van der Waals surface area contributed by atoms with Crippen LogP contribution in [0.25, 0.3) is 0 Å². The number of amides is 3. The SMILES string of the molecule is Cc1cc(Br)ccc1NC(=O)CNC(=O)[C@@H]1CC(=O)N(c2ccccc2Cl)C1. The van der Waals surface area contributed by atoms with Crippen LogP contribution >= 0.6 is 27.5 Å². The molecule has 0 aromatic heterocycles. The van der Waals surface area contributed by atoms with Gasteiger partial charge in [0.05, 0.1) is 23.2 Å². The van der Waals surface area contributed by atoms with E-state index in [-0.39, 0.29) is 37.2 Å². The predicted octanol–water partition coefficient (Wildman–Crippen LogP) is 3.52. The second-order valence-corrected chi connectivity index (χ2v) is 7.90. The van der Waals surface area contributed by atoms with Crippen LogP contribution in [0.15, 0.2) is 46.9 Å². The summed E-state index contributed by atoms with van der Waals surface area (Å²) in [7, 11) is 0. The molecular weight excluding hydrogens is 446 g/mol. The molecular formula is C20H19BrClN3O3. The summed E-state index contributed by atoms with van der Waals surface area (Å²) in [6.45, 7) is 1.96. The standard InChI is InChI=1S/C20H19BrClN3O3/c1-12-8-14(21)6-7-16(12)24-18(26)10-23-20(28)13-9-19(27)25(11-13)17-5-3-2-4-15(17)22/h2-8,13H,9-11H2,1H3,(H,23,28)(H,24,26)/t13-/m1/s1. The summed E-state index contributed by atoms with van der Waals surface area (Å²) in [4.78, 5) is 38.3. The van der Waals surface area contributed by atoms with Crippen molar-refractivity contribution < 1.29 is 14.4 Å². The second kappa shape index (κ2) is 8.75. The van der Waals surface area contributed by atoms with Crippen molar-refractivity contribution in [2.24, 2.45) is 5.92 Å². The number of anilines is 2. The van der Waals surface area contributed by atoms with Crippen LogP contribution in [0.5, 0.6) is 0 Å². The molecule has 3 rings (SSSR count). The van der Waals surface area contributed by atoms with Crippen LogP contribution in [-0.4, -0.2) is 30.8 Å². The highest BCUT2D eigenvalue weighted by Gasteiger charge is 2.35. The van der Waals surface area contributed by atoms with Crippen molar-refractivity contribution in [3.63, 3.8) is 0 Å². The Morgan fingerprint density at radius 1 is 1.25 bits per heavy atom. The van der Waals surface area contributed by atoms with Crippen LogP contribution in [-0.2, 0) is 14.4 Å². The first-order chi connectivity index (χ1) is 13.3. The first-order valence-electron chi connectivity index (χ1n) is 8.73. The summed E-state index contributed by atoms with van der Waals surface area (Å²) in [6.07, 6.45) is 0.0878. The van der Waals surface area contributed by atoms with Crippen molar-refractivity contribution >= 4 is 56.6 Å². The summed E-state index contributed by atoms with van der Waals surface area (Å²) in [5, 5.41) is 5.83. The van der Waals surface area contributed by atoms with Gasteiger partial charge in [-0.15, -0.1) is 0 Å². The van der Waals surface area contributed by atoms with E-state index in [9.17, 15) is 14.4 Å². The Balaban J connectivity index is 1.54. The molecule has 1 atom stereocenters. The van der Waals surface area contributed by atoms with Gasteiger partial charge in [0, 0.05) is 23.1 Å². The minimum absolute atomic E-state index is 0.0878. The number of carbonyl (C=O) groups is 3. The summed E-state index contributed by atoms with van der Waals surface area (Å²) < 4.78 is 0.922. The third-order valence-corrected chi connectivity index (χ3v) is 5.34. The lowest BCUT2D eigenvalue weighted by atomic mass is 10.1. The van der Waals surface area contributed by atoms with Gasteiger partial charge in [-0.1, -0.05) is 39.7 Å². The van der Waals surface area contributed by atoms with Gasteiger partial charge in [0.2, 0.25) is 17.7 Å².